The van der Waals surface area contributed by atoms with E-state index in [0.717, 1.165) is 11.3 Å². The Morgan fingerprint density at radius 3 is 2.10 bits per heavy atom. The Hall–Kier alpha value is -0.700. The number of aromatic amines is 1. The van der Waals surface area contributed by atoms with E-state index in [-0.39, 0.29) is 22.2 Å². The topological polar surface area (TPSA) is 79.5 Å². The molecule has 20 heavy (non-hydrogen) atoms. The highest BCUT2D eigenvalue weighted by atomic mass is 32.2. The fourth-order valence-electron chi connectivity index (χ4n) is 2.64. The third-order valence-electron chi connectivity index (χ3n) is 3.02. The highest BCUT2D eigenvalue weighted by molar-refractivity contribution is 7.91. The van der Waals surface area contributed by atoms with Gasteiger partial charge in [0.1, 0.15) is 0 Å². The molecule has 114 valence electrons. The Bertz CT molecular complexity index is 654. The van der Waals surface area contributed by atoms with Gasteiger partial charge in [-0.1, -0.05) is 11.3 Å². The zero-order valence-corrected chi connectivity index (χ0v) is 13.9. The smallest absolute Gasteiger partial charge is 0.305 e. The first kappa shape index (κ1) is 15.7. The molecule has 1 aliphatic heterocycles. The van der Waals surface area contributed by atoms with Gasteiger partial charge in [-0.15, -0.1) is 0 Å². The minimum atomic E-state index is -3.67. The number of sulfonamides is 1. The lowest BCUT2D eigenvalue weighted by Crippen LogP contribution is -2.58. The molecule has 2 rings (SSSR count). The first-order chi connectivity index (χ1) is 8.93. The molecule has 0 bridgehead atoms. The molecule has 0 amide bonds. The molecule has 0 radical (unpaired) electrons. The molecule has 0 aromatic carbocycles. The van der Waals surface area contributed by atoms with Crippen molar-refractivity contribution in [1.82, 2.24) is 9.29 Å². The van der Waals surface area contributed by atoms with Crippen molar-refractivity contribution in [3.63, 3.8) is 0 Å². The number of H-pyrrole nitrogens is 1. The SMILES string of the molecule is Cc1[nH]c(=O)sc1S(=O)(=O)N1CC(C)(C)OC(C)(C)C1. The molecule has 1 fully saturated rings. The predicted octanol–water partition coefficient (Wildman–Crippen LogP) is 1.32. The summed E-state index contributed by atoms with van der Waals surface area (Å²) in [5.41, 5.74) is -0.740. The molecular formula is C12H20N2O4S2. The molecule has 1 aromatic rings. The van der Waals surface area contributed by atoms with Crippen molar-refractivity contribution < 1.29 is 13.2 Å². The lowest BCUT2D eigenvalue weighted by atomic mass is 10.0. The number of morpholine rings is 1. The number of ether oxygens (including phenoxy) is 1. The van der Waals surface area contributed by atoms with Crippen LogP contribution in [0, 0.1) is 6.92 Å². The molecule has 6 nitrogen and oxygen atoms in total. The van der Waals surface area contributed by atoms with Crippen LogP contribution in [0.15, 0.2) is 9.00 Å². The fourth-order valence-corrected chi connectivity index (χ4v) is 5.82. The Balaban J connectivity index is 2.44. The van der Waals surface area contributed by atoms with E-state index in [1.807, 2.05) is 27.7 Å². The molecule has 1 saturated heterocycles. The molecule has 0 saturated carbocycles. The van der Waals surface area contributed by atoms with Crippen molar-refractivity contribution in [2.24, 2.45) is 0 Å². The van der Waals surface area contributed by atoms with Crippen LogP contribution in [0.3, 0.4) is 0 Å². The van der Waals surface area contributed by atoms with E-state index in [4.69, 9.17) is 4.74 Å². The van der Waals surface area contributed by atoms with Crippen LogP contribution in [-0.2, 0) is 14.8 Å². The van der Waals surface area contributed by atoms with Crippen molar-refractivity contribution in [3.8, 4) is 0 Å². The molecule has 1 N–H and O–H groups in total. The first-order valence-corrected chi connectivity index (χ1v) is 8.59. The van der Waals surface area contributed by atoms with Gasteiger partial charge in [0.15, 0.2) is 4.21 Å². The lowest BCUT2D eigenvalue weighted by Gasteiger charge is -2.46. The van der Waals surface area contributed by atoms with Crippen LogP contribution in [-0.4, -0.2) is 42.0 Å². The molecule has 0 spiro atoms. The van der Waals surface area contributed by atoms with E-state index in [0.29, 0.717) is 5.69 Å². The maximum Gasteiger partial charge on any atom is 0.305 e. The minimum Gasteiger partial charge on any atom is -0.367 e. The highest BCUT2D eigenvalue weighted by Gasteiger charge is 2.44. The second-order valence-corrected chi connectivity index (χ2v) is 9.44. The summed E-state index contributed by atoms with van der Waals surface area (Å²) in [5.74, 6) is 0. The number of nitrogens with one attached hydrogen (secondary N) is 1. The van der Waals surface area contributed by atoms with E-state index in [9.17, 15) is 13.2 Å². The molecular weight excluding hydrogens is 300 g/mol. The Kier molecular flexibility index (Phi) is 3.65. The van der Waals surface area contributed by atoms with Gasteiger partial charge in [-0.2, -0.15) is 4.31 Å². The molecule has 1 aromatic heterocycles. The van der Waals surface area contributed by atoms with E-state index < -0.39 is 21.2 Å². The van der Waals surface area contributed by atoms with Crippen LogP contribution in [0.5, 0.6) is 0 Å². The van der Waals surface area contributed by atoms with Gasteiger partial charge in [-0.05, 0) is 34.6 Å². The number of thiazole rings is 1. The average molecular weight is 320 g/mol. The number of hydrogen-bond donors (Lipinski definition) is 1. The number of nitrogens with zero attached hydrogens (tertiary/aromatic N) is 1. The van der Waals surface area contributed by atoms with Gasteiger partial charge in [-0.3, -0.25) is 4.79 Å². The van der Waals surface area contributed by atoms with E-state index in [1.165, 1.54) is 4.31 Å². The van der Waals surface area contributed by atoms with Crippen molar-refractivity contribution >= 4 is 21.4 Å². The number of aromatic nitrogens is 1. The monoisotopic (exact) mass is 320 g/mol. The molecule has 1 aliphatic rings. The molecule has 8 heteroatoms. The largest absolute Gasteiger partial charge is 0.367 e. The summed E-state index contributed by atoms with van der Waals surface area (Å²) in [6.45, 7) is 9.59. The number of hydrogen-bond acceptors (Lipinski definition) is 5. The fraction of sp³-hybridized carbons (Fsp3) is 0.750. The summed E-state index contributed by atoms with van der Waals surface area (Å²) in [6.07, 6.45) is 0. The van der Waals surface area contributed by atoms with Gasteiger partial charge in [-0.25, -0.2) is 8.42 Å². The predicted molar refractivity (Wildman–Crippen MR) is 77.7 cm³/mol. The lowest BCUT2D eigenvalue weighted by molar-refractivity contribution is -0.163. The van der Waals surface area contributed by atoms with Crippen LogP contribution in [0.25, 0.3) is 0 Å². The van der Waals surface area contributed by atoms with Crippen LogP contribution in [0.1, 0.15) is 33.4 Å². The van der Waals surface area contributed by atoms with Gasteiger partial charge in [0.2, 0.25) is 0 Å². The first-order valence-electron chi connectivity index (χ1n) is 6.33. The summed E-state index contributed by atoms with van der Waals surface area (Å²) >= 11 is 0.734. The Morgan fingerprint density at radius 1 is 1.20 bits per heavy atom. The maximum atomic E-state index is 12.7. The normalized spacial score (nSPS) is 22.9. The summed E-state index contributed by atoms with van der Waals surface area (Å²) in [7, 11) is -3.67. The number of aryl methyl sites for hydroxylation is 1. The van der Waals surface area contributed by atoms with Crippen LogP contribution < -0.4 is 4.87 Å². The zero-order chi connectivity index (χ0) is 15.3. The second kappa shape index (κ2) is 4.66. The summed E-state index contributed by atoms with van der Waals surface area (Å²) in [6, 6.07) is 0. The summed E-state index contributed by atoms with van der Waals surface area (Å²) in [5, 5.41) is 0. The van der Waals surface area contributed by atoms with Crippen LogP contribution in [0.4, 0.5) is 0 Å². The van der Waals surface area contributed by atoms with Gasteiger partial charge >= 0.3 is 4.87 Å². The van der Waals surface area contributed by atoms with Crippen LogP contribution >= 0.6 is 11.3 Å². The number of rotatable bonds is 2. The summed E-state index contributed by atoms with van der Waals surface area (Å²) < 4.78 is 32.8. The Morgan fingerprint density at radius 2 is 1.70 bits per heavy atom. The molecule has 0 aliphatic carbocycles. The van der Waals surface area contributed by atoms with Crippen molar-refractivity contribution in [1.29, 1.82) is 0 Å². The molecule has 0 unspecified atom stereocenters. The van der Waals surface area contributed by atoms with E-state index in [2.05, 4.69) is 4.98 Å². The van der Waals surface area contributed by atoms with Crippen molar-refractivity contribution in [2.45, 2.75) is 50.0 Å². The van der Waals surface area contributed by atoms with Gasteiger partial charge in [0.05, 0.1) is 11.2 Å². The minimum absolute atomic E-state index is 0.0935. The van der Waals surface area contributed by atoms with Crippen molar-refractivity contribution in [2.75, 3.05) is 13.1 Å². The van der Waals surface area contributed by atoms with Crippen molar-refractivity contribution in [3.05, 3.63) is 15.4 Å². The van der Waals surface area contributed by atoms with Gasteiger partial charge in [0.25, 0.3) is 10.0 Å². The average Bonchev–Trinajstić information content (AvgIpc) is 2.53. The standard InChI is InChI=1S/C12H20N2O4S2/c1-8-9(19-10(15)13-8)20(16,17)14-6-11(2,3)18-12(4,5)7-14/h6-7H2,1-5H3,(H,13,15). The summed E-state index contributed by atoms with van der Waals surface area (Å²) in [4.78, 5) is 13.5. The Labute approximate surface area is 122 Å². The second-order valence-electron chi connectivity index (χ2n) is 6.32. The van der Waals surface area contributed by atoms with Gasteiger partial charge in [0, 0.05) is 18.8 Å². The highest BCUT2D eigenvalue weighted by Crippen LogP contribution is 2.32. The van der Waals surface area contributed by atoms with Gasteiger partial charge < -0.3 is 9.72 Å². The molecule has 0 atom stereocenters. The van der Waals surface area contributed by atoms with E-state index >= 15 is 0 Å². The third kappa shape index (κ3) is 2.98. The maximum absolute atomic E-state index is 12.7. The quantitative estimate of drug-likeness (QED) is 0.891. The third-order valence-corrected chi connectivity index (χ3v) is 6.40. The van der Waals surface area contributed by atoms with E-state index in [1.54, 1.807) is 6.92 Å². The van der Waals surface area contributed by atoms with Crippen LogP contribution in [0.2, 0.25) is 0 Å². The molecule has 2 heterocycles. The zero-order valence-electron chi connectivity index (χ0n) is 12.3.